The molecule has 0 aromatic heterocycles. The first-order valence-electron chi connectivity index (χ1n) is 5.41. The zero-order valence-electron chi connectivity index (χ0n) is 9.78. The lowest BCUT2D eigenvalue weighted by atomic mass is 9.86. The Kier molecular flexibility index (Phi) is 3.89. The molecular weight excluding hydrogens is 188 g/mol. The number of carbonyl (C=O) groups is 1. The van der Waals surface area contributed by atoms with Gasteiger partial charge in [-0.05, 0) is 19.9 Å². The highest BCUT2D eigenvalue weighted by Gasteiger charge is 2.31. The van der Waals surface area contributed by atoms with Crippen LogP contribution in [0.25, 0.3) is 0 Å². The molecule has 0 radical (unpaired) electrons. The number of ketones is 1. The first-order chi connectivity index (χ1) is 7.18. The van der Waals surface area contributed by atoms with Crippen LogP contribution < -0.4 is 0 Å². The molecule has 15 heavy (non-hydrogen) atoms. The van der Waals surface area contributed by atoms with E-state index >= 15 is 0 Å². The maximum Gasteiger partial charge on any atom is 0.172 e. The van der Waals surface area contributed by atoms with Gasteiger partial charge in [-0.3, -0.25) is 4.79 Å². The van der Waals surface area contributed by atoms with E-state index in [0.29, 0.717) is 5.57 Å². The summed E-state index contributed by atoms with van der Waals surface area (Å²) in [5.74, 6) is 0.0787. The Bertz CT molecular complexity index is 334. The van der Waals surface area contributed by atoms with Crippen molar-refractivity contribution in [3.63, 3.8) is 0 Å². The summed E-state index contributed by atoms with van der Waals surface area (Å²) in [6.45, 7) is 7.79. The Morgan fingerprint density at radius 3 is 2.60 bits per heavy atom. The van der Waals surface area contributed by atoms with Gasteiger partial charge in [0.15, 0.2) is 5.78 Å². The molecule has 2 aliphatic rings. The molecule has 0 bridgehead atoms. The summed E-state index contributed by atoms with van der Waals surface area (Å²) in [6, 6.07) is 0. The number of hydrogen-bond acceptors (Lipinski definition) is 2. The molecule has 0 amide bonds. The van der Waals surface area contributed by atoms with E-state index in [1.807, 2.05) is 39.0 Å². The van der Waals surface area contributed by atoms with Crippen LogP contribution in [-0.4, -0.2) is 11.9 Å². The van der Waals surface area contributed by atoms with Crippen LogP contribution >= 0.6 is 0 Å². The smallest absolute Gasteiger partial charge is 0.172 e. The van der Waals surface area contributed by atoms with Crippen molar-refractivity contribution in [2.75, 3.05) is 0 Å². The largest absolute Gasteiger partial charge is 0.492 e. The van der Waals surface area contributed by atoms with Crippen LogP contribution in [0.4, 0.5) is 0 Å². The maximum absolute atomic E-state index is 11.7. The third-order valence-corrected chi connectivity index (χ3v) is 2.44. The van der Waals surface area contributed by atoms with Crippen molar-refractivity contribution in [2.24, 2.45) is 5.92 Å². The third kappa shape index (κ3) is 2.38. The second kappa shape index (κ2) is 4.96. The van der Waals surface area contributed by atoms with Crippen LogP contribution in [0.1, 0.15) is 27.7 Å². The predicted octanol–water partition coefficient (Wildman–Crippen LogP) is 3.02. The van der Waals surface area contributed by atoms with Crippen LogP contribution in [-0.2, 0) is 9.53 Å². The molecule has 2 atom stereocenters. The van der Waals surface area contributed by atoms with Crippen molar-refractivity contribution in [3.8, 4) is 0 Å². The van der Waals surface area contributed by atoms with Gasteiger partial charge in [0.05, 0.1) is 12.2 Å². The number of ether oxygens (including phenoxy) is 1. The van der Waals surface area contributed by atoms with Gasteiger partial charge in [-0.1, -0.05) is 31.6 Å². The second-order valence-electron chi connectivity index (χ2n) is 3.56. The lowest BCUT2D eigenvalue weighted by Crippen LogP contribution is -2.32. The van der Waals surface area contributed by atoms with Gasteiger partial charge in [-0.15, -0.1) is 0 Å². The predicted molar refractivity (Wildman–Crippen MR) is 61.4 cm³/mol. The van der Waals surface area contributed by atoms with Gasteiger partial charge in [0, 0.05) is 5.57 Å². The van der Waals surface area contributed by atoms with E-state index in [9.17, 15) is 4.79 Å². The molecule has 1 aliphatic carbocycles. The molecule has 0 aromatic carbocycles. The molecule has 2 nitrogen and oxygen atoms in total. The fourth-order valence-electron chi connectivity index (χ4n) is 1.66. The topological polar surface area (TPSA) is 26.3 Å². The van der Waals surface area contributed by atoms with Gasteiger partial charge in [0.1, 0.15) is 6.10 Å². The first kappa shape index (κ1) is 11.8. The summed E-state index contributed by atoms with van der Waals surface area (Å²) in [5, 5.41) is 0. The van der Waals surface area contributed by atoms with E-state index in [-0.39, 0.29) is 17.8 Å². The molecule has 1 aliphatic heterocycles. The molecule has 0 N–H and O–H groups in total. The van der Waals surface area contributed by atoms with E-state index < -0.39 is 0 Å². The van der Waals surface area contributed by atoms with Gasteiger partial charge in [0.25, 0.3) is 0 Å². The number of carbonyl (C=O) groups excluding carboxylic acids is 1. The summed E-state index contributed by atoms with van der Waals surface area (Å²) >= 11 is 0. The molecule has 2 unspecified atom stereocenters. The van der Waals surface area contributed by atoms with E-state index in [4.69, 9.17) is 4.74 Å². The Hall–Kier alpha value is -1.31. The molecule has 0 spiro atoms. The van der Waals surface area contributed by atoms with E-state index in [1.165, 1.54) is 0 Å². The number of fused-ring (bicyclic) bond motifs is 1. The van der Waals surface area contributed by atoms with Crippen LogP contribution in [0.5, 0.6) is 0 Å². The Morgan fingerprint density at radius 1 is 1.27 bits per heavy atom. The van der Waals surface area contributed by atoms with Gasteiger partial charge >= 0.3 is 0 Å². The minimum absolute atomic E-state index is 0.0834. The number of rotatable bonds is 0. The van der Waals surface area contributed by atoms with Crippen molar-refractivity contribution in [2.45, 2.75) is 33.8 Å². The highest BCUT2D eigenvalue weighted by atomic mass is 16.5. The summed E-state index contributed by atoms with van der Waals surface area (Å²) in [5.41, 5.74) is 1.84. The average Bonchev–Trinajstić information content (AvgIpc) is 2.27. The minimum atomic E-state index is -0.102. The molecule has 0 aromatic rings. The Morgan fingerprint density at radius 2 is 1.93 bits per heavy atom. The fraction of sp³-hybridized carbons (Fsp3) is 0.462. The van der Waals surface area contributed by atoms with Gasteiger partial charge in [-0.2, -0.15) is 0 Å². The lowest BCUT2D eigenvalue weighted by molar-refractivity contribution is -0.121. The molecule has 1 heterocycles. The van der Waals surface area contributed by atoms with Gasteiger partial charge < -0.3 is 4.74 Å². The van der Waals surface area contributed by atoms with E-state index in [2.05, 4.69) is 0 Å². The molecule has 2 rings (SSSR count). The zero-order chi connectivity index (χ0) is 11.4. The fourth-order valence-corrected chi connectivity index (χ4v) is 1.66. The normalized spacial score (nSPS) is 27.9. The van der Waals surface area contributed by atoms with E-state index in [0.717, 1.165) is 5.57 Å². The summed E-state index contributed by atoms with van der Waals surface area (Å²) in [4.78, 5) is 11.7. The Labute approximate surface area is 91.3 Å². The quantitative estimate of drug-likeness (QED) is 0.609. The molecule has 0 fully saturated rings. The van der Waals surface area contributed by atoms with Crippen LogP contribution in [0.3, 0.4) is 0 Å². The van der Waals surface area contributed by atoms with Crippen LogP contribution in [0.15, 0.2) is 35.6 Å². The van der Waals surface area contributed by atoms with E-state index in [1.54, 1.807) is 13.2 Å². The Balaban J connectivity index is 0.000000531. The first-order valence-corrected chi connectivity index (χ1v) is 5.41. The highest BCUT2D eigenvalue weighted by Crippen LogP contribution is 2.27. The van der Waals surface area contributed by atoms with Crippen molar-refractivity contribution >= 4 is 5.78 Å². The lowest BCUT2D eigenvalue weighted by Gasteiger charge is -2.28. The second-order valence-corrected chi connectivity index (χ2v) is 3.56. The van der Waals surface area contributed by atoms with Crippen molar-refractivity contribution in [1.29, 1.82) is 0 Å². The van der Waals surface area contributed by atoms with Crippen molar-refractivity contribution in [1.82, 2.24) is 0 Å². The molecular formula is C13H18O2. The SMILES string of the molecule is CC.CC1=CC2C(=O)C(C)=COC2C=C1. The minimum Gasteiger partial charge on any atom is -0.492 e. The van der Waals surface area contributed by atoms with Crippen molar-refractivity contribution < 1.29 is 9.53 Å². The maximum atomic E-state index is 11.7. The number of hydrogen-bond donors (Lipinski definition) is 0. The molecule has 0 saturated heterocycles. The zero-order valence-corrected chi connectivity index (χ0v) is 9.78. The summed E-state index contributed by atoms with van der Waals surface area (Å²) in [7, 11) is 0. The summed E-state index contributed by atoms with van der Waals surface area (Å²) in [6.07, 6.45) is 7.38. The molecule has 2 heteroatoms. The molecule has 82 valence electrons. The van der Waals surface area contributed by atoms with Gasteiger partial charge in [-0.25, -0.2) is 0 Å². The van der Waals surface area contributed by atoms with Crippen LogP contribution in [0, 0.1) is 5.92 Å². The standard InChI is InChI=1S/C11H12O2.C2H6/c1-7-3-4-10-9(5-7)11(12)8(2)6-13-10;1-2/h3-6,9-10H,1-2H3;1-2H3. The third-order valence-electron chi connectivity index (χ3n) is 2.44. The monoisotopic (exact) mass is 206 g/mol. The number of allylic oxidation sites excluding steroid dienone is 3. The molecule has 0 saturated carbocycles. The summed E-state index contributed by atoms with van der Waals surface area (Å²) < 4.78 is 5.40. The highest BCUT2D eigenvalue weighted by molar-refractivity contribution is 5.99. The van der Waals surface area contributed by atoms with Crippen molar-refractivity contribution in [3.05, 3.63) is 35.6 Å². The number of Topliss-reactive ketones (excluding diaryl/α,β-unsaturated/α-hetero) is 1. The average molecular weight is 206 g/mol. The van der Waals surface area contributed by atoms with Crippen LogP contribution in [0.2, 0.25) is 0 Å². The van der Waals surface area contributed by atoms with Gasteiger partial charge in [0.2, 0.25) is 0 Å².